The molecule has 0 radical (unpaired) electrons. The molecule has 0 aliphatic heterocycles. The number of aryl methyl sites for hydroxylation is 1. The van der Waals surface area contributed by atoms with Crippen LogP contribution >= 0.6 is 0 Å². The first-order valence-corrected chi connectivity index (χ1v) is 6.48. The van der Waals surface area contributed by atoms with Gasteiger partial charge in [-0.1, -0.05) is 30.3 Å². The van der Waals surface area contributed by atoms with E-state index in [0.717, 1.165) is 12.8 Å². The van der Waals surface area contributed by atoms with E-state index in [0.29, 0.717) is 13.0 Å². The highest BCUT2D eigenvalue weighted by molar-refractivity contribution is 5.70. The molecule has 0 amide bonds. The van der Waals surface area contributed by atoms with Crippen LogP contribution in [0.25, 0.3) is 0 Å². The zero-order valence-electron chi connectivity index (χ0n) is 11.5. The highest BCUT2D eigenvalue weighted by atomic mass is 16.5. The third-order valence-corrected chi connectivity index (χ3v) is 3.25. The van der Waals surface area contributed by atoms with Crippen molar-refractivity contribution in [3.05, 3.63) is 35.9 Å². The maximum absolute atomic E-state index is 11.6. The van der Waals surface area contributed by atoms with E-state index in [2.05, 4.69) is 24.4 Å². The molecule has 18 heavy (non-hydrogen) atoms. The molecule has 1 N–H and O–H groups in total. The van der Waals surface area contributed by atoms with Crippen molar-refractivity contribution in [3.63, 3.8) is 0 Å². The first-order chi connectivity index (χ1) is 8.59. The second kappa shape index (κ2) is 7.17. The predicted octanol–water partition coefficient (Wildman–Crippen LogP) is 2.55. The quantitative estimate of drug-likeness (QED) is 0.755. The zero-order valence-corrected chi connectivity index (χ0v) is 11.5. The Hall–Kier alpha value is -1.35. The highest BCUT2D eigenvalue weighted by Gasteiger charge is 2.25. The van der Waals surface area contributed by atoms with Crippen molar-refractivity contribution >= 4 is 5.97 Å². The first kappa shape index (κ1) is 14.7. The van der Waals surface area contributed by atoms with Gasteiger partial charge in [-0.2, -0.15) is 0 Å². The monoisotopic (exact) mass is 249 g/mol. The number of rotatable bonds is 7. The maximum Gasteiger partial charge on any atom is 0.307 e. The molecule has 1 rings (SSSR count). The first-order valence-electron chi connectivity index (χ1n) is 6.48. The van der Waals surface area contributed by atoms with E-state index in [9.17, 15) is 4.79 Å². The average Bonchev–Trinajstić information content (AvgIpc) is 2.38. The minimum absolute atomic E-state index is 0.137. The topological polar surface area (TPSA) is 38.3 Å². The Morgan fingerprint density at radius 1 is 1.33 bits per heavy atom. The van der Waals surface area contributed by atoms with Gasteiger partial charge in [0.1, 0.15) is 0 Å². The number of hydrogen-bond acceptors (Lipinski definition) is 3. The largest absolute Gasteiger partial charge is 0.466 e. The van der Waals surface area contributed by atoms with Gasteiger partial charge in [0.15, 0.2) is 0 Å². The number of ether oxygens (including phenoxy) is 1. The van der Waals surface area contributed by atoms with E-state index < -0.39 is 0 Å². The molecule has 1 aromatic rings. The molecule has 0 aliphatic carbocycles. The van der Waals surface area contributed by atoms with Gasteiger partial charge in [-0.25, -0.2) is 0 Å². The summed E-state index contributed by atoms with van der Waals surface area (Å²) in [5, 5.41) is 3.24. The molecule has 3 nitrogen and oxygen atoms in total. The SMILES string of the molecule is CCOC(=O)C[C@@](C)(CCc1ccccc1)NC. The van der Waals surface area contributed by atoms with Crippen LogP contribution in [0.15, 0.2) is 30.3 Å². The maximum atomic E-state index is 11.6. The molecule has 0 unspecified atom stereocenters. The lowest BCUT2D eigenvalue weighted by Crippen LogP contribution is -2.42. The van der Waals surface area contributed by atoms with Gasteiger partial charge in [-0.05, 0) is 39.3 Å². The van der Waals surface area contributed by atoms with E-state index in [-0.39, 0.29) is 11.5 Å². The molecule has 0 saturated carbocycles. The van der Waals surface area contributed by atoms with E-state index in [1.165, 1.54) is 5.56 Å². The van der Waals surface area contributed by atoms with Crippen molar-refractivity contribution in [1.29, 1.82) is 0 Å². The minimum atomic E-state index is -0.206. The second-order valence-electron chi connectivity index (χ2n) is 4.78. The molecular weight excluding hydrogens is 226 g/mol. The number of nitrogens with one attached hydrogen (secondary N) is 1. The number of hydrogen-bond donors (Lipinski definition) is 1. The molecule has 0 heterocycles. The molecule has 0 bridgehead atoms. The third kappa shape index (κ3) is 4.88. The van der Waals surface area contributed by atoms with E-state index in [1.807, 2.05) is 32.2 Å². The van der Waals surface area contributed by atoms with Crippen LogP contribution in [0.1, 0.15) is 32.3 Å². The van der Waals surface area contributed by atoms with Gasteiger partial charge in [-0.3, -0.25) is 4.79 Å². The Kier molecular flexibility index (Phi) is 5.86. The lowest BCUT2D eigenvalue weighted by Gasteiger charge is -2.28. The van der Waals surface area contributed by atoms with Crippen LogP contribution < -0.4 is 5.32 Å². The van der Waals surface area contributed by atoms with Crippen molar-refractivity contribution in [2.24, 2.45) is 0 Å². The summed E-state index contributed by atoms with van der Waals surface area (Å²) in [5.41, 5.74) is 1.09. The lowest BCUT2D eigenvalue weighted by molar-refractivity contribution is -0.144. The van der Waals surface area contributed by atoms with Crippen LogP contribution in [-0.2, 0) is 16.0 Å². The smallest absolute Gasteiger partial charge is 0.307 e. The van der Waals surface area contributed by atoms with E-state index >= 15 is 0 Å². The lowest BCUT2D eigenvalue weighted by atomic mass is 9.90. The summed E-state index contributed by atoms with van der Waals surface area (Å²) in [5.74, 6) is -0.137. The summed E-state index contributed by atoms with van der Waals surface area (Å²) in [6, 6.07) is 10.3. The van der Waals surface area contributed by atoms with Gasteiger partial charge in [0, 0.05) is 5.54 Å². The molecule has 1 atom stereocenters. The van der Waals surface area contributed by atoms with Gasteiger partial charge in [-0.15, -0.1) is 0 Å². The van der Waals surface area contributed by atoms with Crippen LogP contribution in [-0.4, -0.2) is 25.2 Å². The van der Waals surface area contributed by atoms with E-state index in [4.69, 9.17) is 4.74 Å². The van der Waals surface area contributed by atoms with Crippen molar-refractivity contribution in [1.82, 2.24) is 5.32 Å². The third-order valence-electron chi connectivity index (χ3n) is 3.25. The van der Waals surface area contributed by atoms with Crippen molar-refractivity contribution < 1.29 is 9.53 Å². The molecular formula is C15H23NO2. The van der Waals surface area contributed by atoms with Gasteiger partial charge >= 0.3 is 5.97 Å². The van der Waals surface area contributed by atoms with Gasteiger partial charge in [0.25, 0.3) is 0 Å². The Morgan fingerprint density at radius 3 is 2.56 bits per heavy atom. The fraction of sp³-hybridized carbons (Fsp3) is 0.533. The average molecular weight is 249 g/mol. The second-order valence-corrected chi connectivity index (χ2v) is 4.78. The summed E-state index contributed by atoms with van der Waals surface area (Å²) < 4.78 is 5.01. The summed E-state index contributed by atoms with van der Waals surface area (Å²) in [7, 11) is 1.89. The Balaban J connectivity index is 2.52. The normalized spacial score (nSPS) is 13.9. The number of carbonyl (C=O) groups is 1. The summed E-state index contributed by atoms with van der Waals surface area (Å²) in [4.78, 5) is 11.6. The fourth-order valence-corrected chi connectivity index (χ4v) is 1.90. The standard InChI is InChI=1S/C15H23NO2/c1-4-18-14(17)12-15(2,16-3)11-10-13-8-6-5-7-9-13/h5-9,16H,4,10-12H2,1-3H3/t15-/m1/s1. The number of esters is 1. The van der Waals surface area contributed by atoms with Crippen LogP contribution in [0, 0.1) is 0 Å². The summed E-state index contributed by atoms with van der Waals surface area (Å²) in [6.07, 6.45) is 2.27. The molecule has 0 spiro atoms. The van der Waals surface area contributed by atoms with Gasteiger partial charge in [0.05, 0.1) is 13.0 Å². The van der Waals surface area contributed by atoms with Gasteiger partial charge < -0.3 is 10.1 Å². The molecule has 0 aromatic heterocycles. The van der Waals surface area contributed by atoms with Crippen LogP contribution in [0.4, 0.5) is 0 Å². The summed E-state index contributed by atoms with van der Waals surface area (Å²) in [6.45, 7) is 4.34. The fourth-order valence-electron chi connectivity index (χ4n) is 1.90. The van der Waals surface area contributed by atoms with E-state index in [1.54, 1.807) is 0 Å². The molecule has 0 saturated heterocycles. The number of carbonyl (C=O) groups excluding carboxylic acids is 1. The van der Waals surface area contributed by atoms with Crippen molar-refractivity contribution in [2.75, 3.05) is 13.7 Å². The Bertz CT molecular complexity index is 364. The molecule has 100 valence electrons. The Morgan fingerprint density at radius 2 is 2.00 bits per heavy atom. The predicted molar refractivity (Wildman–Crippen MR) is 73.5 cm³/mol. The van der Waals surface area contributed by atoms with Crippen LogP contribution in [0.2, 0.25) is 0 Å². The van der Waals surface area contributed by atoms with Crippen LogP contribution in [0.3, 0.4) is 0 Å². The van der Waals surface area contributed by atoms with Crippen molar-refractivity contribution in [2.45, 2.75) is 38.6 Å². The minimum Gasteiger partial charge on any atom is -0.466 e. The summed E-state index contributed by atoms with van der Waals surface area (Å²) >= 11 is 0. The Labute approximate surface area is 110 Å². The highest BCUT2D eigenvalue weighted by Crippen LogP contribution is 2.18. The van der Waals surface area contributed by atoms with Crippen molar-refractivity contribution in [3.8, 4) is 0 Å². The van der Waals surface area contributed by atoms with Crippen LogP contribution in [0.5, 0.6) is 0 Å². The molecule has 0 fully saturated rings. The molecule has 0 aliphatic rings. The molecule has 3 heteroatoms. The van der Waals surface area contributed by atoms with Gasteiger partial charge in [0.2, 0.25) is 0 Å². The molecule has 1 aromatic carbocycles. The zero-order chi connectivity index (χ0) is 13.4. The number of benzene rings is 1.